The summed E-state index contributed by atoms with van der Waals surface area (Å²) in [4.78, 5) is 24.5. The molecule has 1 amide bonds. The fourth-order valence-corrected chi connectivity index (χ4v) is 2.43. The largest absolute Gasteiger partial charge is 1.00 e. The van der Waals surface area contributed by atoms with E-state index in [2.05, 4.69) is 5.32 Å². The molecule has 0 bridgehead atoms. The second kappa shape index (κ2) is 9.06. The number of amides is 1. The van der Waals surface area contributed by atoms with Crippen molar-refractivity contribution in [3.8, 4) is 0 Å². The molecule has 132 valence electrons. The van der Waals surface area contributed by atoms with Crippen molar-refractivity contribution in [1.82, 2.24) is 0 Å². The van der Waals surface area contributed by atoms with Gasteiger partial charge in [0.1, 0.15) is 0 Å². The van der Waals surface area contributed by atoms with E-state index < -0.39 is 0 Å². The number of hydrogen-bond donors (Lipinski definition) is 1. The van der Waals surface area contributed by atoms with E-state index in [0.29, 0.717) is 16.8 Å². The molecule has 3 rings (SSSR count). The van der Waals surface area contributed by atoms with Gasteiger partial charge in [0.05, 0.1) is 0 Å². The molecule has 0 aliphatic carbocycles. The summed E-state index contributed by atoms with van der Waals surface area (Å²) in [5.41, 5.74) is 3.03. The molecule has 5 heteroatoms. The second-order valence-corrected chi connectivity index (χ2v) is 5.87. The van der Waals surface area contributed by atoms with Gasteiger partial charge in [0, 0.05) is 28.9 Å². The van der Waals surface area contributed by atoms with E-state index in [-0.39, 0.29) is 35.2 Å². The monoisotopic (exact) mass is 410 g/mol. The number of pyridine rings is 1. The highest BCUT2D eigenvalue weighted by atomic mass is 79.9. The fraction of sp³-hybridized carbons (Fsp3) is 0.0952. The molecule has 0 aliphatic rings. The molecule has 0 spiro atoms. The normalized spacial score (nSPS) is 9.88. The van der Waals surface area contributed by atoms with Gasteiger partial charge in [-0.2, -0.15) is 4.57 Å². The summed E-state index contributed by atoms with van der Waals surface area (Å²) in [7, 11) is 0. The van der Waals surface area contributed by atoms with E-state index >= 15 is 0 Å². The first-order valence-corrected chi connectivity index (χ1v) is 8.07. The molecular weight excluding hydrogens is 392 g/mol. The first-order valence-electron chi connectivity index (χ1n) is 8.07. The van der Waals surface area contributed by atoms with Crippen LogP contribution in [0.1, 0.15) is 26.3 Å². The summed E-state index contributed by atoms with van der Waals surface area (Å²) >= 11 is 0. The number of aromatic nitrogens is 1. The molecule has 3 aromatic rings. The molecule has 1 aromatic heterocycles. The van der Waals surface area contributed by atoms with Crippen molar-refractivity contribution < 1.29 is 31.1 Å². The highest BCUT2D eigenvalue weighted by molar-refractivity contribution is 6.04. The van der Waals surface area contributed by atoms with Gasteiger partial charge < -0.3 is 22.3 Å². The maximum Gasteiger partial charge on any atom is 0.255 e. The number of ketones is 1. The van der Waals surface area contributed by atoms with Crippen molar-refractivity contribution in [3.63, 3.8) is 0 Å². The van der Waals surface area contributed by atoms with Crippen LogP contribution in [0, 0.1) is 6.92 Å². The van der Waals surface area contributed by atoms with Crippen molar-refractivity contribution in [2.45, 2.75) is 13.5 Å². The number of nitrogens with one attached hydrogen (secondary N) is 1. The van der Waals surface area contributed by atoms with Gasteiger partial charge in [0.2, 0.25) is 12.3 Å². The Morgan fingerprint density at radius 1 is 0.846 bits per heavy atom. The number of Topliss-reactive ketones (excluding diaryl/α,β-unsaturated/α-hetero) is 1. The number of nitrogens with zero attached hydrogens (tertiary/aromatic N) is 1. The zero-order valence-corrected chi connectivity index (χ0v) is 15.9. The first kappa shape index (κ1) is 19.5. The Morgan fingerprint density at radius 3 is 2.08 bits per heavy atom. The van der Waals surface area contributed by atoms with Crippen molar-refractivity contribution >= 4 is 17.4 Å². The molecule has 2 aromatic carbocycles. The Balaban J connectivity index is 0.00000243. The SMILES string of the molecule is Cc1cc[n+](CC(=O)c2ccc(NC(=O)c3ccccc3)cc2)cc1.[Br-]. The van der Waals surface area contributed by atoms with E-state index in [1.54, 1.807) is 36.4 Å². The molecule has 0 saturated carbocycles. The van der Waals surface area contributed by atoms with Gasteiger partial charge in [-0.15, -0.1) is 0 Å². The number of hydrogen-bond acceptors (Lipinski definition) is 2. The van der Waals surface area contributed by atoms with E-state index in [4.69, 9.17) is 0 Å². The molecule has 0 aliphatic heterocycles. The average Bonchev–Trinajstić information content (AvgIpc) is 2.65. The summed E-state index contributed by atoms with van der Waals surface area (Å²) in [6, 6.07) is 19.9. The lowest BCUT2D eigenvalue weighted by Crippen LogP contribution is -3.00. The van der Waals surface area contributed by atoms with Crippen molar-refractivity contribution in [3.05, 3.63) is 95.8 Å². The van der Waals surface area contributed by atoms with Crippen LogP contribution in [-0.4, -0.2) is 11.7 Å². The van der Waals surface area contributed by atoms with Crippen molar-refractivity contribution in [2.24, 2.45) is 0 Å². The number of halogens is 1. The number of carbonyl (C=O) groups is 2. The quantitative estimate of drug-likeness (QED) is 0.489. The summed E-state index contributed by atoms with van der Waals surface area (Å²) in [5, 5.41) is 2.82. The van der Waals surface area contributed by atoms with Crippen LogP contribution in [0.25, 0.3) is 0 Å². The van der Waals surface area contributed by atoms with Crippen LogP contribution >= 0.6 is 0 Å². The van der Waals surface area contributed by atoms with Gasteiger partial charge in [0.15, 0.2) is 12.4 Å². The Morgan fingerprint density at radius 2 is 1.46 bits per heavy atom. The molecule has 0 fully saturated rings. The lowest BCUT2D eigenvalue weighted by Gasteiger charge is -2.06. The maximum atomic E-state index is 12.3. The van der Waals surface area contributed by atoms with Crippen LogP contribution in [-0.2, 0) is 6.54 Å². The summed E-state index contributed by atoms with van der Waals surface area (Å²) < 4.78 is 1.85. The fourth-order valence-electron chi connectivity index (χ4n) is 2.43. The predicted molar refractivity (Wildman–Crippen MR) is 96.5 cm³/mol. The van der Waals surface area contributed by atoms with Gasteiger partial charge in [-0.25, -0.2) is 0 Å². The standard InChI is InChI=1S/C21H18N2O2.BrH/c1-16-11-13-23(14-12-16)15-20(24)17-7-9-19(10-8-17)22-21(25)18-5-3-2-4-6-18;/h2-14H,15H2,1H3;1H. The lowest BCUT2D eigenvalue weighted by atomic mass is 10.1. The highest BCUT2D eigenvalue weighted by Gasteiger charge is 2.12. The third kappa shape index (κ3) is 5.10. The molecule has 1 N–H and O–H groups in total. The third-order valence-corrected chi connectivity index (χ3v) is 3.88. The molecule has 0 atom stereocenters. The van der Waals surface area contributed by atoms with Gasteiger partial charge in [-0.05, 0) is 48.9 Å². The average molecular weight is 411 g/mol. The minimum atomic E-state index is -0.171. The van der Waals surface area contributed by atoms with Gasteiger partial charge in [0.25, 0.3) is 5.91 Å². The van der Waals surface area contributed by atoms with Crippen LogP contribution < -0.4 is 26.9 Å². The minimum absolute atomic E-state index is 0. The smallest absolute Gasteiger partial charge is 0.255 e. The molecule has 4 nitrogen and oxygen atoms in total. The van der Waals surface area contributed by atoms with Crippen LogP contribution in [0.5, 0.6) is 0 Å². The molecule has 0 saturated heterocycles. The maximum absolute atomic E-state index is 12.3. The molecule has 1 heterocycles. The second-order valence-electron chi connectivity index (χ2n) is 5.87. The van der Waals surface area contributed by atoms with Gasteiger partial charge in [-0.1, -0.05) is 18.2 Å². The zero-order valence-electron chi connectivity index (χ0n) is 14.4. The number of anilines is 1. The number of aryl methyl sites for hydroxylation is 1. The summed E-state index contributed by atoms with van der Waals surface area (Å²) in [6.07, 6.45) is 3.78. The van der Waals surface area contributed by atoms with E-state index in [1.807, 2.05) is 54.2 Å². The highest BCUT2D eigenvalue weighted by Crippen LogP contribution is 2.12. The Kier molecular flexibility index (Phi) is 6.81. The Hall–Kier alpha value is -2.79. The molecule has 0 unspecified atom stereocenters. The van der Waals surface area contributed by atoms with Crippen LogP contribution in [0.2, 0.25) is 0 Å². The van der Waals surface area contributed by atoms with Gasteiger partial charge in [-0.3, -0.25) is 9.59 Å². The van der Waals surface area contributed by atoms with Gasteiger partial charge >= 0.3 is 0 Å². The zero-order chi connectivity index (χ0) is 17.6. The number of benzene rings is 2. The summed E-state index contributed by atoms with van der Waals surface area (Å²) in [6.45, 7) is 2.30. The Labute approximate surface area is 163 Å². The van der Waals surface area contributed by atoms with Crippen LogP contribution in [0.4, 0.5) is 5.69 Å². The van der Waals surface area contributed by atoms with Crippen LogP contribution in [0.3, 0.4) is 0 Å². The Bertz CT molecular complexity index is 876. The lowest BCUT2D eigenvalue weighted by molar-refractivity contribution is -0.683. The predicted octanol–water partition coefficient (Wildman–Crippen LogP) is 0.422. The van der Waals surface area contributed by atoms with E-state index in [1.165, 1.54) is 0 Å². The molecule has 0 radical (unpaired) electrons. The first-order chi connectivity index (χ1) is 12.1. The summed E-state index contributed by atoms with van der Waals surface area (Å²) in [5.74, 6) is -0.148. The minimum Gasteiger partial charge on any atom is -1.00 e. The number of rotatable bonds is 5. The van der Waals surface area contributed by atoms with Crippen molar-refractivity contribution in [1.29, 1.82) is 0 Å². The van der Waals surface area contributed by atoms with Crippen molar-refractivity contribution in [2.75, 3.05) is 5.32 Å². The van der Waals surface area contributed by atoms with E-state index in [9.17, 15) is 9.59 Å². The number of carbonyl (C=O) groups excluding carboxylic acids is 2. The van der Waals surface area contributed by atoms with E-state index in [0.717, 1.165) is 5.56 Å². The van der Waals surface area contributed by atoms with Crippen LogP contribution in [0.15, 0.2) is 79.1 Å². The topological polar surface area (TPSA) is 50.0 Å². The molecular formula is C21H19BrN2O2. The molecule has 26 heavy (non-hydrogen) atoms. The third-order valence-electron chi connectivity index (χ3n) is 3.88.